The molecule has 7 aromatic rings. The summed E-state index contributed by atoms with van der Waals surface area (Å²) in [5, 5.41) is 71.5. The molecular formula is C103H161N10O20P2SY-. The Balaban J connectivity index is 0.000000250. The van der Waals surface area contributed by atoms with Gasteiger partial charge in [0, 0.05) is 121 Å². The van der Waals surface area contributed by atoms with Crippen molar-refractivity contribution in [2.75, 3.05) is 132 Å². The molecule has 6 aromatic carbocycles. The van der Waals surface area contributed by atoms with Crippen LogP contribution in [0.5, 0.6) is 0 Å². The SMILES string of the molecule is CC(C)CN(C)C[C@@H](O)[C@@H](N)Cc1ccccc1.CC(C)CN(C)C[C@@H](O)[C@H](Cc1ccccc1)NC(=O)O[C@@H]1CO[C@@H]2OCC[C@@H]21.CC(C)CN(C)C[C@@H](O)[C@H](Cc1ccccc1)NP.CC(C)CNC[C@@H](O)[C@H](Cc1ccccc1)NC(=O)O[C@@H]1CO[C@@H]2OCC[C@@H]21.CC(C)CNC[C@@H](O)[C@H](Cc1ccccc1)NP.CS(=O)(=O)c1ccc2occc2c1.O=[C-]O[C@@H]1CO[C@@H]2OCC[C@@H]21.[Y]. The van der Waals surface area contributed by atoms with Gasteiger partial charge in [-0.15, -0.1) is 0 Å². The first kappa shape index (κ1) is 120. The third-order valence-corrected chi connectivity index (χ3v) is 25.7. The molecule has 7 heterocycles. The topological polar surface area (TPSA) is 391 Å². The van der Waals surface area contributed by atoms with E-state index >= 15 is 0 Å². The molecule has 0 bridgehead atoms. The maximum absolute atomic E-state index is 12.6. The van der Waals surface area contributed by atoms with Gasteiger partial charge in [0.05, 0.1) is 111 Å². The van der Waals surface area contributed by atoms with E-state index in [1.165, 1.54) is 35.7 Å². The molecular weight excluding hydrogens is 1880 g/mol. The van der Waals surface area contributed by atoms with Crippen molar-refractivity contribution >= 4 is 58.2 Å². The summed E-state index contributed by atoms with van der Waals surface area (Å²) in [6.07, 6.45) is 3.61. The van der Waals surface area contributed by atoms with Crippen LogP contribution in [0.2, 0.25) is 0 Å². The Bertz CT molecular complexity index is 4490. The summed E-state index contributed by atoms with van der Waals surface area (Å²) in [6, 6.07) is 55.8. The van der Waals surface area contributed by atoms with E-state index in [-0.39, 0.29) is 118 Å². The zero-order valence-electron chi connectivity index (χ0n) is 83.1. The Morgan fingerprint density at radius 2 is 0.766 bits per heavy atom. The minimum Gasteiger partial charge on any atom is -0.649 e. The minimum atomic E-state index is -3.11. The third-order valence-electron chi connectivity index (χ3n) is 23.8. The van der Waals surface area contributed by atoms with Gasteiger partial charge in [-0.25, -0.2) is 18.0 Å². The monoisotopic (exact) mass is 2040 g/mol. The van der Waals surface area contributed by atoms with Crippen molar-refractivity contribution in [3.63, 3.8) is 0 Å². The zero-order chi connectivity index (χ0) is 99.1. The number of benzene rings is 6. The van der Waals surface area contributed by atoms with Crippen molar-refractivity contribution in [2.45, 2.75) is 223 Å². The van der Waals surface area contributed by atoms with Crippen LogP contribution >= 0.6 is 18.8 Å². The number of rotatable bonds is 44. The summed E-state index contributed by atoms with van der Waals surface area (Å²) in [5.41, 5.74) is 12.5. The number of nitrogens with two attached hydrogens (primary N) is 1. The smallest absolute Gasteiger partial charge is 0.407 e. The molecule has 30 nitrogen and oxygen atoms in total. The van der Waals surface area contributed by atoms with Crippen molar-refractivity contribution in [1.29, 1.82) is 0 Å². The number of amides is 2. The molecule has 1 aromatic heterocycles. The minimum absolute atomic E-state index is 0. The van der Waals surface area contributed by atoms with Crippen LogP contribution in [0.25, 0.3) is 11.0 Å². The van der Waals surface area contributed by atoms with Crippen LogP contribution in [0.1, 0.15) is 116 Å². The van der Waals surface area contributed by atoms with E-state index < -0.39 is 52.4 Å². The van der Waals surface area contributed by atoms with Gasteiger partial charge in [-0.3, -0.25) is 10.2 Å². The summed E-state index contributed by atoms with van der Waals surface area (Å²) in [7, 11) is 7.99. The Hall–Kier alpha value is -5.98. The van der Waals surface area contributed by atoms with Gasteiger partial charge in [-0.05, 0) is 167 Å². The number of nitrogens with one attached hydrogen (secondary N) is 6. The van der Waals surface area contributed by atoms with E-state index in [2.05, 4.69) is 165 Å². The average molecular weight is 2040 g/mol. The third kappa shape index (κ3) is 46.1. The summed E-state index contributed by atoms with van der Waals surface area (Å²) in [6.45, 7) is 33.6. The first-order chi connectivity index (χ1) is 65.1. The fourth-order valence-corrected chi connectivity index (χ4v) is 18.3. The van der Waals surface area contributed by atoms with Crippen molar-refractivity contribution < 1.29 is 128 Å². The fourth-order valence-electron chi connectivity index (χ4n) is 17.0. The molecule has 137 heavy (non-hydrogen) atoms. The predicted octanol–water partition coefficient (Wildman–Crippen LogP) is 10.4. The summed E-state index contributed by atoms with van der Waals surface area (Å²) in [5.74, 6) is 3.24. The van der Waals surface area contributed by atoms with Crippen LogP contribution < -0.4 is 37.2 Å². The quantitative estimate of drug-likeness (QED) is 0.00959. The van der Waals surface area contributed by atoms with Gasteiger partial charge in [-0.2, -0.15) is 0 Å². The summed E-state index contributed by atoms with van der Waals surface area (Å²) < 4.78 is 75.8. The van der Waals surface area contributed by atoms with Gasteiger partial charge in [0.25, 0.3) is 0 Å². The standard InChI is InChI=1S/C22H34N2O5.C21H32N2O5.C15H27N2OP.C15H26N2O.C14H25N2OP.C9H8O3S.C7H9O4.Y/c1-15(2)12-24(3)13-19(25)18(11-16-7-5-4-6-8-16)23-22(26)29-20-14-28-21-17(20)9-10-27-21;1-14(2)11-22-12-18(24)17(10-15-6-4-3-5-7-15)23-21(25)28-19-13-27-20-16(19)8-9-26-20;1-12(2)10-17(3)11-15(18)14(16-19)9-13-7-5-4-6-8-13;1-12(2)10-17(3)11-15(18)14(16)9-13-7-5-4-6-8-13;1-11(2)9-15-10-14(17)13(16-18)8-12-6-4-3-5-7-12;1-13(10,11)8-2-3-9-7(6-8)4-5-12-9;8-4-11-6-3-10-7-5(6)1-2-9-7;/h4-8,15,17-21,25H,9-14H2,1-3H3,(H,23,26);3-7,14,16-20,22,24H,8-13H2,1-2H3,(H,23,25);4-8,12,14-16,18H,9-11,19H2,1-3H3;4-8,12,14-15,18H,9-11,16H2,1-3H3;3-7,11,13-17H,8-10,18H2,1-2H3;2-6H,1H3;5-7H,1-3H2;/q;;;;;;-1;/t17-,18+,19-,20-,21+;16-,17+,18-,19-,20+;2*14-,15+;13-,14+;;5-,6-,7+;/m11000.1./s1. The van der Waals surface area contributed by atoms with E-state index in [0.29, 0.717) is 125 Å². The van der Waals surface area contributed by atoms with E-state index in [1.54, 1.807) is 24.3 Å². The average Bonchev–Trinajstić information content (AvgIpc) is 1.69. The van der Waals surface area contributed by atoms with Crippen LogP contribution in [0.3, 0.4) is 0 Å². The van der Waals surface area contributed by atoms with E-state index in [0.717, 1.165) is 87.8 Å². The number of aliphatic hydroxyl groups is 5. The second-order valence-electron chi connectivity index (χ2n) is 38.5. The van der Waals surface area contributed by atoms with E-state index in [4.69, 9.17) is 52.8 Å². The number of carbonyl (C=O) groups is 2. The number of nitrogens with zero attached hydrogens (tertiary/aromatic N) is 3. The number of hydrogen-bond donors (Lipinski definition) is 12. The molecule has 34 heteroatoms. The number of alkyl carbamates (subject to hydrolysis) is 2. The number of furan rings is 1. The fraction of sp³-hybridized carbons (Fsp3) is 0.602. The maximum Gasteiger partial charge on any atom is 0.407 e. The van der Waals surface area contributed by atoms with Crippen molar-refractivity contribution in [3.8, 4) is 0 Å². The second-order valence-corrected chi connectivity index (χ2v) is 41.2. The Labute approximate surface area is 845 Å². The number of ether oxygens (including phenoxy) is 9. The Kier molecular flexibility index (Phi) is 57.1. The summed E-state index contributed by atoms with van der Waals surface area (Å²) in [4.78, 5) is 41.8. The molecule has 13 N–H and O–H groups in total. The molecule has 6 fully saturated rings. The molecule has 0 spiro atoms. The summed E-state index contributed by atoms with van der Waals surface area (Å²) >= 11 is 0. The number of likely N-dealkylation sites (N-methyl/N-ethyl adjacent to an activating group) is 3. The number of aliphatic hydroxyl groups excluding tert-OH is 5. The van der Waals surface area contributed by atoms with Crippen LogP contribution in [-0.2, 0) is 122 Å². The number of fused-ring (bicyclic) bond motifs is 4. The van der Waals surface area contributed by atoms with Crippen molar-refractivity contribution in [2.24, 2.45) is 53.1 Å². The van der Waals surface area contributed by atoms with Crippen molar-refractivity contribution in [1.82, 2.24) is 46.1 Å². The molecule has 763 valence electrons. The van der Waals surface area contributed by atoms with Gasteiger partial charge < -0.3 is 119 Å². The molecule has 6 aliphatic rings. The first-order valence-corrected chi connectivity index (χ1v) is 51.2. The molecule has 21 atom stereocenters. The largest absolute Gasteiger partial charge is 0.649 e. The van der Waals surface area contributed by atoms with Crippen molar-refractivity contribution in [3.05, 3.63) is 210 Å². The van der Waals surface area contributed by atoms with Crippen LogP contribution in [0, 0.1) is 47.3 Å². The first-order valence-electron chi connectivity index (χ1n) is 48.2. The molecule has 2 amide bonds. The van der Waals surface area contributed by atoms with Crippen LogP contribution in [-0.4, -0.2) is 298 Å². The van der Waals surface area contributed by atoms with E-state index in [9.17, 15) is 48.3 Å². The molecule has 0 saturated carbocycles. The molecule has 6 saturated heterocycles. The second kappa shape index (κ2) is 65.3. The molecule has 6 aliphatic heterocycles. The van der Waals surface area contributed by atoms with Gasteiger partial charge in [-0.1, -0.05) is 246 Å². The van der Waals surface area contributed by atoms with Crippen LogP contribution in [0.15, 0.2) is 192 Å². The number of hydrogen-bond acceptors (Lipinski definition) is 28. The molecule has 0 aliphatic carbocycles. The Morgan fingerprint density at radius 1 is 0.438 bits per heavy atom. The predicted molar refractivity (Wildman–Crippen MR) is 540 cm³/mol. The van der Waals surface area contributed by atoms with Gasteiger partial charge in [0.15, 0.2) is 28.7 Å². The zero-order valence-corrected chi connectivity index (χ0v) is 89.0. The van der Waals surface area contributed by atoms with Gasteiger partial charge in [0.1, 0.15) is 17.8 Å². The number of carbonyl (C=O) groups excluding carboxylic acids is 3. The maximum atomic E-state index is 12.6. The van der Waals surface area contributed by atoms with Gasteiger partial charge in [0.2, 0.25) is 0 Å². The normalized spacial score (nSPS) is 21.3. The Morgan fingerprint density at radius 3 is 1.12 bits per heavy atom. The van der Waals surface area contributed by atoms with Crippen LogP contribution in [0.4, 0.5) is 9.59 Å². The van der Waals surface area contributed by atoms with Gasteiger partial charge >= 0.3 is 12.2 Å². The van der Waals surface area contributed by atoms with E-state index in [1.807, 2.05) is 141 Å². The molecule has 2 unspecified atom stereocenters. The number of sulfone groups is 1. The molecule has 1 radical (unpaired) electrons. The molecule has 13 rings (SSSR count).